The lowest BCUT2D eigenvalue weighted by molar-refractivity contribution is -0.645. The third-order valence-electron chi connectivity index (χ3n) is 2.12. The Balaban J connectivity index is 1.95. The topological polar surface area (TPSA) is 65.9 Å². The highest BCUT2D eigenvalue weighted by Gasteiger charge is 2.09. The summed E-state index contributed by atoms with van der Waals surface area (Å²) in [4.78, 5) is 4.23. The van der Waals surface area contributed by atoms with Gasteiger partial charge in [-0.3, -0.25) is 0 Å². The van der Waals surface area contributed by atoms with Crippen molar-refractivity contribution in [2.45, 2.75) is 30.5 Å². The van der Waals surface area contributed by atoms with Gasteiger partial charge in [0, 0.05) is 18.6 Å². The van der Waals surface area contributed by atoms with Crippen molar-refractivity contribution in [2.75, 3.05) is 0 Å². The van der Waals surface area contributed by atoms with Crippen LogP contribution in [0.3, 0.4) is 0 Å². The van der Waals surface area contributed by atoms with Crippen LogP contribution in [0.25, 0.3) is 0 Å². The molecule has 0 saturated carbocycles. The fraction of sp³-hybridized carbons (Fsp3) is 0.364. The van der Waals surface area contributed by atoms with E-state index in [0.717, 1.165) is 23.4 Å². The van der Waals surface area contributed by atoms with Crippen molar-refractivity contribution in [1.29, 1.82) is 0 Å². The first-order valence-electron chi connectivity index (χ1n) is 5.42. The maximum atomic E-state index is 11.4. The molecule has 0 aliphatic heterocycles. The van der Waals surface area contributed by atoms with Gasteiger partial charge in [-0.15, -0.1) is 0 Å². The number of hydrogen-bond acceptors (Lipinski definition) is 5. The Morgan fingerprint density at radius 1 is 1.47 bits per heavy atom. The number of rotatable bonds is 5. The zero-order chi connectivity index (χ0) is 12.1. The Morgan fingerprint density at radius 2 is 2.35 bits per heavy atom. The Kier molecular flexibility index (Phi) is 3.98. The van der Waals surface area contributed by atoms with Crippen LogP contribution < -0.4 is 4.73 Å². The summed E-state index contributed by atoms with van der Waals surface area (Å²) >= 11 is 1.39. The van der Waals surface area contributed by atoms with E-state index in [1.807, 2.05) is 6.07 Å². The molecule has 2 heterocycles. The quantitative estimate of drug-likeness (QED) is 0.461. The molecule has 0 fully saturated rings. The molecule has 0 radical (unpaired) electrons. The molecule has 0 aliphatic carbocycles. The summed E-state index contributed by atoms with van der Waals surface area (Å²) < 4.78 is 5.91. The fourth-order valence-electron chi connectivity index (χ4n) is 1.33. The third-order valence-corrected chi connectivity index (χ3v) is 3.12. The van der Waals surface area contributed by atoms with Gasteiger partial charge < -0.3 is 9.73 Å². The molecule has 5 nitrogen and oxygen atoms in total. The Bertz CT molecular complexity index is 487. The zero-order valence-corrected chi connectivity index (χ0v) is 10.3. The molecule has 6 heteroatoms. The fourth-order valence-corrected chi connectivity index (χ4v) is 2.09. The molecule has 0 saturated heterocycles. The molecule has 0 N–H and O–H groups in total. The predicted molar refractivity (Wildman–Crippen MR) is 63.3 cm³/mol. The second kappa shape index (κ2) is 5.67. The molecule has 0 atom stereocenters. The molecule has 0 bridgehead atoms. The first-order chi connectivity index (χ1) is 8.29. The van der Waals surface area contributed by atoms with Crippen LogP contribution in [0, 0.1) is 5.21 Å². The molecule has 0 aromatic carbocycles. The van der Waals surface area contributed by atoms with E-state index in [0.29, 0.717) is 16.7 Å². The minimum absolute atomic E-state index is 0.517. The maximum absolute atomic E-state index is 11.4. The van der Waals surface area contributed by atoms with E-state index in [-0.39, 0.29) is 0 Å². The van der Waals surface area contributed by atoms with Gasteiger partial charge in [0.15, 0.2) is 12.0 Å². The van der Waals surface area contributed by atoms with Crippen LogP contribution in [0.1, 0.15) is 25.1 Å². The largest absolute Gasteiger partial charge is 0.618 e. The first kappa shape index (κ1) is 11.9. The van der Waals surface area contributed by atoms with Crippen molar-refractivity contribution in [3.63, 3.8) is 0 Å². The summed E-state index contributed by atoms with van der Waals surface area (Å²) in [6, 6.07) is 5.29. The van der Waals surface area contributed by atoms with Gasteiger partial charge in [-0.1, -0.05) is 12.1 Å². The molecule has 0 amide bonds. The summed E-state index contributed by atoms with van der Waals surface area (Å²) in [6.07, 6.45) is 3.28. The van der Waals surface area contributed by atoms with E-state index in [1.165, 1.54) is 18.0 Å². The lowest BCUT2D eigenvalue weighted by Crippen LogP contribution is -2.27. The maximum Gasteiger partial charge on any atom is 0.251 e. The molecule has 0 aliphatic rings. The standard InChI is InChI=1S/C11H13N3O2S/c1-2-5-9-12-10(16-13-9)8-17-11-6-3-4-7-14(11)15/h3-4,6-7H,2,5,8H2,1H3. The van der Waals surface area contributed by atoms with Crippen LogP contribution in [0.5, 0.6) is 0 Å². The Hall–Kier alpha value is -1.56. The predicted octanol–water partition coefficient (Wildman–Crippen LogP) is 1.95. The van der Waals surface area contributed by atoms with Gasteiger partial charge in [-0.05, 0) is 24.2 Å². The van der Waals surface area contributed by atoms with Crippen LogP contribution in [0.15, 0.2) is 33.9 Å². The zero-order valence-electron chi connectivity index (χ0n) is 9.50. The van der Waals surface area contributed by atoms with E-state index in [2.05, 4.69) is 17.1 Å². The van der Waals surface area contributed by atoms with Crippen molar-refractivity contribution >= 4 is 11.8 Å². The van der Waals surface area contributed by atoms with Crippen LogP contribution in [0.2, 0.25) is 0 Å². The number of nitrogens with zero attached hydrogens (tertiary/aromatic N) is 3. The molecule has 0 unspecified atom stereocenters. The molecular formula is C11H13N3O2S. The molecule has 2 aromatic heterocycles. The normalized spacial score (nSPS) is 10.6. The molecular weight excluding hydrogens is 238 g/mol. The van der Waals surface area contributed by atoms with E-state index in [9.17, 15) is 5.21 Å². The highest BCUT2D eigenvalue weighted by molar-refractivity contribution is 7.98. The Morgan fingerprint density at radius 3 is 3.12 bits per heavy atom. The van der Waals surface area contributed by atoms with Gasteiger partial charge in [0.05, 0.1) is 5.75 Å². The van der Waals surface area contributed by atoms with Crippen molar-refractivity contribution in [3.8, 4) is 0 Å². The van der Waals surface area contributed by atoms with E-state index in [4.69, 9.17) is 4.52 Å². The van der Waals surface area contributed by atoms with Gasteiger partial charge in [0.25, 0.3) is 5.03 Å². The average molecular weight is 251 g/mol. The summed E-state index contributed by atoms with van der Waals surface area (Å²) in [6.45, 7) is 2.06. The van der Waals surface area contributed by atoms with Crippen LogP contribution >= 0.6 is 11.8 Å². The lowest BCUT2D eigenvalue weighted by atomic mass is 10.3. The van der Waals surface area contributed by atoms with E-state index < -0.39 is 0 Å². The Labute approximate surface area is 103 Å². The van der Waals surface area contributed by atoms with E-state index in [1.54, 1.807) is 12.1 Å². The molecule has 0 spiro atoms. The van der Waals surface area contributed by atoms with Gasteiger partial charge in [0.1, 0.15) is 0 Å². The summed E-state index contributed by atoms with van der Waals surface area (Å²) in [5.41, 5.74) is 0. The average Bonchev–Trinajstić information content (AvgIpc) is 2.76. The number of thioether (sulfide) groups is 1. The minimum atomic E-state index is 0.517. The monoisotopic (exact) mass is 251 g/mol. The number of pyridine rings is 1. The van der Waals surface area contributed by atoms with E-state index >= 15 is 0 Å². The summed E-state index contributed by atoms with van der Waals surface area (Å²) in [7, 11) is 0. The number of hydrogen-bond donors (Lipinski definition) is 0. The number of aromatic nitrogens is 3. The second-order valence-electron chi connectivity index (χ2n) is 3.51. The second-order valence-corrected chi connectivity index (χ2v) is 4.50. The SMILES string of the molecule is CCCc1noc(CSc2cccc[n+]2[O-])n1. The number of aryl methyl sites for hydroxylation is 1. The third kappa shape index (κ3) is 3.20. The summed E-state index contributed by atoms with van der Waals surface area (Å²) in [5.74, 6) is 1.80. The molecule has 2 rings (SSSR count). The van der Waals surface area contributed by atoms with Crippen molar-refractivity contribution < 1.29 is 9.25 Å². The van der Waals surface area contributed by atoms with Gasteiger partial charge in [0.2, 0.25) is 5.89 Å². The van der Waals surface area contributed by atoms with Crippen molar-refractivity contribution in [1.82, 2.24) is 10.1 Å². The van der Waals surface area contributed by atoms with Gasteiger partial charge >= 0.3 is 0 Å². The first-order valence-corrected chi connectivity index (χ1v) is 6.40. The van der Waals surface area contributed by atoms with Crippen molar-refractivity contribution in [3.05, 3.63) is 41.3 Å². The highest BCUT2D eigenvalue weighted by atomic mass is 32.2. The minimum Gasteiger partial charge on any atom is -0.618 e. The van der Waals surface area contributed by atoms with Crippen LogP contribution in [-0.2, 0) is 12.2 Å². The molecule has 17 heavy (non-hydrogen) atoms. The summed E-state index contributed by atoms with van der Waals surface area (Å²) in [5, 5.41) is 15.9. The molecule has 90 valence electrons. The highest BCUT2D eigenvalue weighted by Crippen LogP contribution is 2.18. The smallest absolute Gasteiger partial charge is 0.251 e. The van der Waals surface area contributed by atoms with Crippen LogP contribution in [-0.4, -0.2) is 10.1 Å². The van der Waals surface area contributed by atoms with Gasteiger partial charge in [-0.25, -0.2) is 0 Å². The van der Waals surface area contributed by atoms with Crippen LogP contribution in [0.4, 0.5) is 0 Å². The lowest BCUT2D eigenvalue weighted by Gasteiger charge is -2.00. The van der Waals surface area contributed by atoms with Gasteiger partial charge in [-0.2, -0.15) is 9.71 Å². The molecule has 2 aromatic rings. The van der Waals surface area contributed by atoms with Crippen molar-refractivity contribution in [2.24, 2.45) is 0 Å².